The van der Waals surface area contributed by atoms with Crippen LogP contribution < -0.4 is 9.64 Å². The van der Waals surface area contributed by atoms with E-state index in [0.29, 0.717) is 11.7 Å². The van der Waals surface area contributed by atoms with Crippen molar-refractivity contribution in [3.8, 4) is 5.75 Å². The van der Waals surface area contributed by atoms with Crippen LogP contribution in [0, 0.1) is 0 Å². The van der Waals surface area contributed by atoms with Crippen LogP contribution in [0.15, 0.2) is 72.1 Å². The summed E-state index contributed by atoms with van der Waals surface area (Å²) in [6.07, 6.45) is 3.46. The third-order valence-corrected chi connectivity index (χ3v) is 6.09. The second kappa shape index (κ2) is 8.37. The summed E-state index contributed by atoms with van der Waals surface area (Å²) < 4.78 is 6.31. The Bertz CT molecular complexity index is 1100. The topological polar surface area (TPSA) is 42.4 Å². The van der Waals surface area contributed by atoms with Gasteiger partial charge in [0.2, 0.25) is 0 Å². The monoisotopic (exact) mass is 406 g/mol. The van der Waals surface area contributed by atoms with Gasteiger partial charge in [-0.05, 0) is 35.2 Å². The number of nitrogens with zero attached hydrogens (tertiary/aromatic N) is 2. The largest absolute Gasteiger partial charge is 0.497 e. The molecule has 0 N–H and O–H groups in total. The number of rotatable bonds is 6. The van der Waals surface area contributed by atoms with E-state index in [2.05, 4.69) is 0 Å². The average molecular weight is 407 g/mol. The van der Waals surface area contributed by atoms with E-state index in [1.807, 2.05) is 72.1 Å². The zero-order valence-electron chi connectivity index (χ0n) is 15.2. The molecule has 0 aliphatic rings. The molecule has 0 radical (unpaired) electrons. The quantitative estimate of drug-likeness (QED) is 0.391. The van der Waals surface area contributed by atoms with E-state index in [1.165, 1.54) is 11.3 Å². The third-order valence-electron chi connectivity index (χ3n) is 4.20. The highest BCUT2D eigenvalue weighted by atomic mass is 32.1. The smallest absolute Gasteiger partial charge is 0.253 e. The number of thiazole rings is 1. The molecule has 4 rings (SSSR count). The van der Waals surface area contributed by atoms with Crippen LogP contribution >= 0.6 is 22.7 Å². The van der Waals surface area contributed by atoms with E-state index >= 15 is 0 Å². The number of ether oxygens (including phenoxy) is 1. The van der Waals surface area contributed by atoms with E-state index in [9.17, 15) is 4.79 Å². The Kier molecular flexibility index (Phi) is 5.50. The lowest BCUT2D eigenvalue weighted by Crippen LogP contribution is -2.28. The maximum absolute atomic E-state index is 13.0. The number of thiophene rings is 1. The number of hydrogen-bond donors (Lipinski definition) is 0. The number of anilines is 1. The molecule has 0 spiro atoms. The van der Waals surface area contributed by atoms with E-state index in [4.69, 9.17) is 9.72 Å². The maximum atomic E-state index is 13.0. The molecular formula is C22H18N2O2S2. The van der Waals surface area contributed by atoms with Gasteiger partial charge in [-0.1, -0.05) is 47.7 Å². The summed E-state index contributed by atoms with van der Waals surface area (Å²) in [5.41, 5.74) is 1.88. The first-order valence-corrected chi connectivity index (χ1v) is 10.4. The molecule has 4 nitrogen and oxygen atoms in total. The Balaban J connectivity index is 1.68. The molecule has 0 atom stereocenters. The minimum atomic E-state index is -0.0942. The van der Waals surface area contributed by atoms with Gasteiger partial charge in [0.1, 0.15) is 5.75 Å². The van der Waals surface area contributed by atoms with Crippen LogP contribution in [0.4, 0.5) is 5.13 Å². The fourth-order valence-corrected chi connectivity index (χ4v) is 4.34. The van der Waals surface area contributed by atoms with Crippen LogP contribution in [0.2, 0.25) is 0 Å². The second-order valence-electron chi connectivity index (χ2n) is 6.09. The van der Waals surface area contributed by atoms with Gasteiger partial charge in [-0.25, -0.2) is 4.98 Å². The van der Waals surface area contributed by atoms with Crippen molar-refractivity contribution in [2.45, 2.75) is 6.54 Å². The number of hydrogen-bond acceptors (Lipinski definition) is 5. The van der Waals surface area contributed by atoms with Crippen LogP contribution in [0.25, 0.3) is 16.3 Å². The lowest BCUT2D eigenvalue weighted by atomic mass is 10.2. The Morgan fingerprint density at radius 3 is 2.75 bits per heavy atom. The third kappa shape index (κ3) is 4.13. The van der Waals surface area contributed by atoms with Gasteiger partial charge in [0.15, 0.2) is 5.13 Å². The molecule has 0 saturated carbocycles. The van der Waals surface area contributed by atoms with Crippen LogP contribution in [-0.4, -0.2) is 18.0 Å². The molecule has 0 aliphatic heterocycles. The van der Waals surface area contributed by atoms with Crippen molar-refractivity contribution in [1.82, 2.24) is 4.98 Å². The SMILES string of the molecule is COc1ccc2sc(N(Cc3ccccc3)C(=O)/C=C/c3cccs3)nc2c1. The fourth-order valence-electron chi connectivity index (χ4n) is 2.77. The Labute approximate surface area is 171 Å². The van der Waals surface area contributed by atoms with Crippen LogP contribution in [0.3, 0.4) is 0 Å². The lowest BCUT2D eigenvalue weighted by Gasteiger charge is -2.18. The molecule has 4 aromatic rings. The van der Waals surface area contributed by atoms with Gasteiger partial charge in [0, 0.05) is 17.0 Å². The van der Waals surface area contributed by atoms with Gasteiger partial charge in [0.05, 0.1) is 23.9 Å². The van der Waals surface area contributed by atoms with E-state index in [0.717, 1.165) is 26.4 Å². The van der Waals surface area contributed by atoms with Crippen LogP contribution in [0.5, 0.6) is 5.75 Å². The van der Waals surface area contributed by atoms with Gasteiger partial charge in [0.25, 0.3) is 5.91 Å². The highest BCUT2D eigenvalue weighted by Crippen LogP contribution is 2.32. The molecule has 1 amide bonds. The molecule has 2 aromatic heterocycles. The van der Waals surface area contributed by atoms with Crippen molar-refractivity contribution in [2.24, 2.45) is 0 Å². The van der Waals surface area contributed by atoms with Gasteiger partial charge in [-0.15, -0.1) is 11.3 Å². The number of fused-ring (bicyclic) bond motifs is 1. The minimum absolute atomic E-state index is 0.0942. The molecule has 0 saturated heterocycles. The first-order valence-electron chi connectivity index (χ1n) is 8.74. The molecule has 0 fully saturated rings. The summed E-state index contributed by atoms with van der Waals surface area (Å²) in [6.45, 7) is 0.464. The first-order chi connectivity index (χ1) is 13.7. The molecule has 140 valence electrons. The first kappa shape index (κ1) is 18.4. The van der Waals surface area contributed by atoms with Crippen molar-refractivity contribution < 1.29 is 9.53 Å². The number of amides is 1. The zero-order chi connectivity index (χ0) is 19.3. The lowest BCUT2D eigenvalue weighted by molar-refractivity contribution is -0.114. The Hall–Kier alpha value is -2.96. The van der Waals surface area contributed by atoms with Crippen molar-refractivity contribution in [3.63, 3.8) is 0 Å². The van der Waals surface area contributed by atoms with Crippen LogP contribution in [-0.2, 0) is 11.3 Å². The number of methoxy groups -OCH3 is 1. The molecule has 2 heterocycles. The summed E-state index contributed by atoms with van der Waals surface area (Å²) in [7, 11) is 1.63. The molecule has 0 bridgehead atoms. The average Bonchev–Trinajstić information content (AvgIpc) is 3.39. The van der Waals surface area contributed by atoms with Crippen molar-refractivity contribution in [2.75, 3.05) is 12.0 Å². The van der Waals surface area contributed by atoms with Crippen molar-refractivity contribution in [1.29, 1.82) is 0 Å². The fraction of sp³-hybridized carbons (Fsp3) is 0.0909. The van der Waals surface area contributed by atoms with E-state index in [-0.39, 0.29) is 5.91 Å². The molecule has 0 unspecified atom stereocenters. The Morgan fingerprint density at radius 2 is 2.00 bits per heavy atom. The second-order valence-corrected chi connectivity index (χ2v) is 8.08. The summed E-state index contributed by atoms with van der Waals surface area (Å²) in [5, 5.41) is 2.67. The highest BCUT2D eigenvalue weighted by Gasteiger charge is 2.18. The number of benzene rings is 2. The van der Waals surface area contributed by atoms with Crippen molar-refractivity contribution >= 4 is 50.0 Å². The zero-order valence-corrected chi connectivity index (χ0v) is 16.9. The highest BCUT2D eigenvalue weighted by molar-refractivity contribution is 7.22. The molecule has 2 aromatic carbocycles. The molecular weight excluding hydrogens is 388 g/mol. The van der Waals surface area contributed by atoms with Gasteiger partial charge >= 0.3 is 0 Å². The summed E-state index contributed by atoms with van der Waals surface area (Å²) in [5.74, 6) is 0.658. The summed E-state index contributed by atoms with van der Waals surface area (Å²) >= 11 is 3.10. The van der Waals surface area contributed by atoms with Gasteiger partial charge < -0.3 is 4.74 Å². The molecule has 0 aliphatic carbocycles. The number of carbonyl (C=O) groups is 1. The number of aromatic nitrogens is 1. The predicted octanol–water partition coefficient (Wildman–Crippen LogP) is 5.61. The minimum Gasteiger partial charge on any atom is -0.497 e. The summed E-state index contributed by atoms with van der Waals surface area (Å²) in [4.78, 5) is 20.5. The van der Waals surface area contributed by atoms with E-state index < -0.39 is 0 Å². The van der Waals surface area contributed by atoms with Crippen molar-refractivity contribution in [3.05, 3.63) is 82.6 Å². The van der Waals surface area contributed by atoms with Gasteiger partial charge in [-0.3, -0.25) is 9.69 Å². The standard InChI is InChI=1S/C22H18N2O2S2/c1-26-17-9-11-20-19(14-17)23-22(28-20)24(15-16-6-3-2-4-7-16)21(25)12-10-18-8-5-13-27-18/h2-14H,15H2,1H3/b12-10+. The maximum Gasteiger partial charge on any atom is 0.253 e. The Morgan fingerprint density at radius 1 is 1.14 bits per heavy atom. The van der Waals surface area contributed by atoms with Gasteiger partial charge in [-0.2, -0.15) is 0 Å². The normalized spacial score (nSPS) is 11.2. The van der Waals surface area contributed by atoms with E-state index in [1.54, 1.807) is 29.4 Å². The molecule has 6 heteroatoms. The predicted molar refractivity (Wildman–Crippen MR) is 117 cm³/mol. The summed E-state index contributed by atoms with van der Waals surface area (Å²) in [6, 6.07) is 19.7. The van der Waals surface area contributed by atoms with Crippen LogP contribution in [0.1, 0.15) is 10.4 Å². The molecule has 28 heavy (non-hydrogen) atoms. The number of carbonyl (C=O) groups excluding carboxylic acids is 1.